The van der Waals surface area contributed by atoms with Crippen molar-refractivity contribution in [2.24, 2.45) is 0 Å². The Bertz CT molecular complexity index is 454. The first-order valence-corrected chi connectivity index (χ1v) is 7.98. The molecule has 3 atom stereocenters. The van der Waals surface area contributed by atoms with E-state index >= 15 is 0 Å². The molecule has 2 heterocycles. The van der Waals surface area contributed by atoms with Gasteiger partial charge in [0, 0.05) is 36.3 Å². The molecule has 0 aliphatic carbocycles. The molecule has 2 rings (SSSR count). The fourth-order valence-electron chi connectivity index (χ4n) is 3.38. The van der Waals surface area contributed by atoms with Gasteiger partial charge in [-0.15, -0.1) is 0 Å². The van der Waals surface area contributed by atoms with E-state index in [-0.39, 0.29) is 5.54 Å². The van der Waals surface area contributed by atoms with Crippen LogP contribution in [-0.4, -0.2) is 29.6 Å². The van der Waals surface area contributed by atoms with E-state index in [9.17, 15) is 0 Å². The summed E-state index contributed by atoms with van der Waals surface area (Å²) in [5.41, 5.74) is 1.58. The predicted molar refractivity (Wildman–Crippen MR) is 84.1 cm³/mol. The number of furan rings is 1. The van der Waals surface area contributed by atoms with E-state index in [0.29, 0.717) is 12.1 Å². The van der Waals surface area contributed by atoms with Gasteiger partial charge in [-0.3, -0.25) is 4.90 Å². The Labute approximate surface area is 123 Å². The van der Waals surface area contributed by atoms with Crippen LogP contribution in [0.3, 0.4) is 0 Å². The Morgan fingerprint density at radius 3 is 2.65 bits per heavy atom. The van der Waals surface area contributed by atoms with Crippen LogP contribution in [0.2, 0.25) is 0 Å². The minimum absolute atomic E-state index is 0.229. The van der Waals surface area contributed by atoms with E-state index in [1.54, 1.807) is 0 Å². The van der Waals surface area contributed by atoms with Crippen molar-refractivity contribution < 1.29 is 4.42 Å². The minimum Gasteiger partial charge on any atom is -0.466 e. The van der Waals surface area contributed by atoms with Crippen LogP contribution < -0.4 is 5.32 Å². The van der Waals surface area contributed by atoms with E-state index in [1.165, 1.54) is 12.0 Å². The third kappa shape index (κ3) is 2.94. The summed E-state index contributed by atoms with van der Waals surface area (Å²) in [5.74, 6) is 2.09. The summed E-state index contributed by atoms with van der Waals surface area (Å²) in [6, 6.07) is 3.24. The van der Waals surface area contributed by atoms with Crippen LogP contribution in [0.4, 0.5) is 0 Å². The molecule has 1 aliphatic heterocycles. The van der Waals surface area contributed by atoms with Crippen LogP contribution in [0.25, 0.3) is 0 Å². The average molecular weight is 278 g/mol. The van der Waals surface area contributed by atoms with Crippen LogP contribution in [0.1, 0.15) is 63.7 Å². The Kier molecular flexibility index (Phi) is 4.60. The van der Waals surface area contributed by atoms with Gasteiger partial charge in [0.1, 0.15) is 11.5 Å². The van der Waals surface area contributed by atoms with Crippen LogP contribution in [-0.2, 0) is 0 Å². The Morgan fingerprint density at radius 2 is 2.15 bits per heavy atom. The molecule has 1 aromatic rings. The number of aryl methyl sites for hydroxylation is 2. The molecule has 1 fully saturated rings. The van der Waals surface area contributed by atoms with Crippen molar-refractivity contribution in [3.63, 3.8) is 0 Å². The van der Waals surface area contributed by atoms with Gasteiger partial charge in [0.25, 0.3) is 0 Å². The summed E-state index contributed by atoms with van der Waals surface area (Å²) in [5, 5.41) is 3.74. The largest absolute Gasteiger partial charge is 0.466 e. The van der Waals surface area contributed by atoms with Crippen molar-refractivity contribution in [3.05, 3.63) is 23.2 Å². The fourth-order valence-corrected chi connectivity index (χ4v) is 3.38. The summed E-state index contributed by atoms with van der Waals surface area (Å²) in [4.78, 5) is 2.66. The second kappa shape index (κ2) is 5.90. The number of hydrogen-bond acceptors (Lipinski definition) is 3. The number of nitrogens with zero attached hydrogens (tertiary/aromatic N) is 1. The third-order valence-electron chi connectivity index (χ3n) is 5.04. The molecule has 20 heavy (non-hydrogen) atoms. The fraction of sp³-hybridized carbons (Fsp3) is 0.765. The summed E-state index contributed by atoms with van der Waals surface area (Å²) in [6.45, 7) is 15.5. The molecule has 3 unspecified atom stereocenters. The predicted octanol–water partition coefficient (Wildman–Crippen LogP) is 3.81. The van der Waals surface area contributed by atoms with Crippen LogP contribution >= 0.6 is 0 Å². The van der Waals surface area contributed by atoms with Crippen molar-refractivity contribution >= 4 is 0 Å². The molecular weight excluding hydrogens is 248 g/mol. The van der Waals surface area contributed by atoms with E-state index in [0.717, 1.165) is 31.0 Å². The lowest BCUT2D eigenvalue weighted by atomic mass is 9.90. The standard InChI is InChI=1S/C17H30N2O/c1-7-15-10-18-17(6,8-2)11-19(15)13(4)16-9-12(3)20-14(16)5/h9,13,15,18H,7-8,10-11H2,1-6H3. The first-order valence-electron chi connectivity index (χ1n) is 7.98. The third-order valence-corrected chi connectivity index (χ3v) is 5.04. The summed E-state index contributed by atoms with van der Waals surface area (Å²) in [6.07, 6.45) is 2.35. The highest BCUT2D eigenvalue weighted by Crippen LogP contribution is 2.32. The Morgan fingerprint density at radius 1 is 1.45 bits per heavy atom. The number of nitrogens with one attached hydrogen (secondary N) is 1. The minimum atomic E-state index is 0.229. The van der Waals surface area contributed by atoms with Gasteiger partial charge in [-0.2, -0.15) is 0 Å². The van der Waals surface area contributed by atoms with Crippen LogP contribution in [0.15, 0.2) is 10.5 Å². The topological polar surface area (TPSA) is 28.4 Å². The molecule has 3 heteroatoms. The molecule has 0 spiro atoms. The van der Waals surface area contributed by atoms with Gasteiger partial charge >= 0.3 is 0 Å². The molecule has 114 valence electrons. The maximum Gasteiger partial charge on any atom is 0.105 e. The SMILES string of the molecule is CCC1CNC(C)(CC)CN1C(C)c1cc(C)oc1C. The van der Waals surface area contributed by atoms with Gasteiger partial charge in [-0.25, -0.2) is 0 Å². The zero-order valence-corrected chi connectivity index (χ0v) is 13.9. The second-order valence-electron chi connectivity index (χ2n) is 6.57. The van der Waals surface area contributed by atoms with Crippen molar-refractivity contribution in [2.75, 3.05) is 13.1 Å². The second-order valence-corrected chi connectivity index (χ2v) is 6.57. The van der Waals surface area contributed by atoms with Gasteiger partial charge in [-0.1, -0.05) is 13.8 Å². The summed E-state index contributed by atoms with van der Waals surface area (Å²) < 4.78 is 5.73. The van der Waals surface area contributed by atoms with Crippen LogP contribution in [0, 0.1) is 13.8 Å². The van der Waals surface area contributed by atoms with Gasteiger partial charge in [0.15, 0.2) is 0 Å². The monoisotopic (exact) mass is 278 g/mol. The van der Waals surface area contributed by atoms with E-state index in [2.05, 4.69) is 50.9 Å². The van der Waals surface area contributed by atoms with E-state index < -0.39 is 0 Å². The Balaban J connectivity index is 2.24. The van der Waals surface area contributed by atoms with Crippen molar-refractivity contribution in [3.8, 4) is 0 Å². The highest BCUT2D eigenvalue weighted by atomic mass is 16.3. The van der Waals surface area contributed by atoms with Crippen molar-refractivity contribution in [2.45, 2.75) is 72.0 Å². The van der Waals surface area contributed by atoms with Crippen molar-refractivity contribution in [1.29, 1.82) is 0 Å². The highest BCUT2D eigenvalue weighted by Gasteiger charge is 2.37. The smallest absolute Gasteiger partial charge is 0.105 e. The molecule has 3 nitrogen and oxygen atoms in total. The molecule has 1 saturated heterocycles. The molecule has 1 aliphatic rings. The zero-order valence-electron chi connectivity index (χ0n) is 13.9. The average Bonchev–Trinajstić information content (AvgIpc) is 2.77. The number of hydrogen-bond donors (Lipinski definition) is 1. The molecule has 0 radical (unpaired) electrons. The van der Waals surface area contributed by atoms with Crippen LogP contribution in [0.5, 0.6) is 0 Å². The van der Waals surface area contributed by atoms with Gasteiger partial charge in [-0.05, 0) is 46.6 Å². The van der Waals surface area contributed by atoms with Crippen molar-refractivity contribution in [1.82, 2.24) is 10.2 Å². The zero-order chi connectivity index (χ0) is 14.9. The lowest BCUT2D eigenvalue weighted by Crippen LogP contribution is -2.62. The van der Waals surface area contributed by atoms with Gasteiger partial charge < -0.3 is 9.73 Å². The van der Waals surface area contributed by atoms with Gasteiger partial charge in [0.05, 0.1) is 0 Å². The van der Waals surface area contributed by atoms with E-state index in [4.69, 9.17) is 4.42 Å². The van der Waals surface area contributed by atoms with E-state index in [1.807, 2.05) is 6.92 Å². The highest BCUT2D eigenvalue weighted by molar-refractivity contribution is 5.24. The number of rotatable bonds is 4. The molecule has 0 amide bonds. The quantitative estimate of drug-likeness (QED) is 0.908. The molecule has 1 N–H and O–H groups in total. The molecule has 0 bridgehead atoms. The van der Waals surface area contributed by atoms with Gasteiger partial charge in [0.2, 0.25) is 0 Å². The molecule has 0 saturated carbocycles. The molecular formula is C17H30N2O. The summed E-state index contributed by atoms with van der Waals surface area (Å²) in [7, 11) is 0. The molecule has 0 aromatic carbocycles. The lowest BCUT2D eigenvalue weighted by molar-refractivity contribution is 0.0489. The molecule has 1 aromatic heterocycles. The lowest BCUT2D eigenvalue weighted by Gasteiger charge is -2.48. The first kappa shape index (κ1) is 15.6. The maximum absolute atomic E-state index is 5.73. The number of piperazine rings is 1. The first-order chi connectivity index (χ1) is 9.40. The Hall–Kier alpha value is -0.800. The summed E-state index contributed by atoms with van der Waals surface area (Å²) >= 11 is 0. The normalized spacial score (nSPS) is 29.6. The maximum atomic E-state index is 5.73.